The van der Waals surface area contributed by atoms with Gasteiger partial charge in [0, 0.05) is 0 Å². The molecule has 19 heavy (non-hydrogen) atoms. The van der Waals surface area contributed by atoms with Crippen LogP contribution < -0.4 is 5.32 Å². The number of carbonyl (C=O) groups is 1. The Hall–Kier alpha value is -1.33. The van der Waals surface area contributed by atoms with E-state index in [2.05, 4.69) is 11.9 Å². The van der Waals surface area contributed by atoms with Gasteiger partial charge in [0.15, 0.2) is 0 Å². The van der Waals surface area contributed by atoms with Crippen molar-refractivity contribution < 1.29 is 19.4 Å². The second kappa shape index (κ2) is 6.73. The topological polar surface area (TPSA) is 67.8 Å². The van der Waals surface area contributed by atoms with Gasteiger partial charge in [-0.05, 0) is 27.2 Å². The quantitative estimate of drug-likeness (QED) is 0.763. The van der Waals surface area contributed by atoms with E-state index in [-0.39, 0.29) is 24.9 Å². The number of hydrogen-bond donors (Lipinski definition) is 2. The van der Waals surface area contributed by atoms with E-state index in [0.717, 1.165) is 0 Å². The number of rotatable bonds is 4. The number of carbonyl (C=O) groups excluding carboxylic acids is 1. The highest BCUT2D eigenvalue weighted by Gasteiger charge is 2.28. The summed E-state index contributed by atoms with van der Waals surface area (Å²) < 4.78 is 10.8. The highest BCUT2D eigenvalue weighted by Crippen LogP contribution is 2.17. The predicted molar refractivity (Wildman–Crippen MR) is 72.9 cm³/mol. The van der Waals surface area contributed by atoms with Crippen molar-refractivity contribution in [3.8, 4) is 0 Å². The van der Waals surface area contributed by atoms with Crippen LogP contribution >= 0.6 is 0 Å². The van der Waals surface area contributed by atoms with Gasteiger partial charge in [-0.15, -0.1) is 6.58 Å². The summed E-state index contributed by atoms with van der Waals surface area (Å²) in [5.74, 6) is 0. The van der Waals surface area contributed by atoms with Crippen LogP contribution in [0.2, 0.25) is 0 Å². The molecule has 1 aliphatic rings. The third-order valence-corrected chi connectivity index (χ3v) is 2.55. The summed E-state index contributed by atoms with van der Waals surface area (Å²) in [5.41, 5.74) is -0.537. The maximum atomic E-state index is 11.7. The van der Waals surface area contributed by atoms with Crippen LogP contribution in [0.3, 0.4) is 0 Å². The maximum absolute atomic E-state index is 11.7. The fourth-order valence-corrected chi connectivity index (χ4v) is 1.78. The summed E-state index contributed by atoms with van der Waals surface area (Å²) >= 11 is 0. The number of hydrogen-bond acceptors (Lipinski definition) is 4. The molecule has 0 saturated heterocycles. The summed E-state index contributed by atoms with van der Waals surface area (Å²) in [6, 6.07) is -0.282. The van der Waals surface area contributed by atoms with Crippen LogP contribution in [-0.2, 0) is 9.47 Å². The SMILES string of the molecule is C=CC[C@H]1O[C@H](CO)C=C[C@H]1NC(=O)OC(C)(C)C. The first-order chi connectivity index (χ1) is 8.85. The van der Waals surface area contributed by atoms with Gasteiger partial charge in [-0.25, -0.2) is 4.79 Å². The molecule has 0 aliphatic carbocycles. The van der Waals surface area contributed by atoms with Gasteiger partial charge in [0.05, 0.1) is 24.9 Å². The van der Waals surface area contributed by atoms with Gasteiger partial charge in [0.2, 0.25) is 0 Å². The van der Waals surface area contributed by atoms with Gasteiger partial charge in [-0.3, -0.25) is 0 Å². The van der Waals surface area contributed by atoms with Crippen molar-refractivity contribution >= 4 is 6.09 Å². The highest BCUT2D eigenvalue weighted by molar-refractivity contribution is 5.68. The van der Waals surface area contributed by atoms with Crippen molar-refractivity contribution in [2.45, 2.75) is 51.0 Å². The smallest absolute Gasteiger partial charge is 0.408 e. The maximum Gasteiger partial charge on any atom is 0.408 e. The average Bonchev–Trinajstić information content (AvgIpc) is 2.29. The molecule has 1 heterocycles. The molecule has 0 aromatic rings. The van der Waals surface area contributed by atoms with Crippen LogP contribution in [0.25, 0.3) is 0 Å². The van der Waals surface area contributed by atoms with Crippen molar-refractivity contribution in [1.29, 1.82) is 0 Å². The van der Waals surface area contributed by atoms with E-state index in [4.69, 9.17) is 14.6 Å². The molecule has 0 unspecified atom stereocenters. The number of aliphatic hydroxyl groups excluding tert-OH is 1. The Balaban J connectivity index is 2.63. The van der Waals surface area contributed by atoms with Gasteiger partial charge < -0.3 is 19.9 Å². The molecule has 1 amide bonds. The first-order valence-electron chi connectivity index (χ1n) is 6.41. The van der Waals surface area contributed by atoms with Crippen molar-refractivity contribution in [1.82, 2.24) is 5.32 Å². The first kappa shape index (κ1) is 15.7. The zero-order valence-corrected chi connectivity index (χ0v) is 11.8. The summed E-state index contributed by atoms with van der Waals surface area (Å²) in [4.78, 5) is 11.7. The minimum atomic E-state index is -0.537. The molecule has 108 valence electrons. The summed E-state index contributed by atoms with van der Waals surface area (Å²) in [7, 11) is 0. The number of nitrogens with one attached hydrogen (secondary N) is 1. The third kappa shape index (κ3) is 5.44. The lowest BCUT2D eigenvalue weighted by atomic mass is 10.0. The van der Waals surface area contributed by atoms with Crippen molar-refractivity contribution in [2.24, 2.45) is 0 Å². The highest BCUT2D eigenvalue weighted by atomic mass is 16.6. The Kier molecular flexibility index (Phi) is 5.57. The number of aliphatic hydroxyl groups is 1. The molecule has 3 atom stereocenters. The molecular weight excluding hydrogens is 246 g/mol. The summed E-state index contributed by atoms with van der Waals surface area (Å²) in [6.45, 7) is 9.01. The monoisotopic (exact) mass is 269 g/mol. The molecule has 0 fully saturated rings. The molecule has 0 saturated carbocycles. The van der Waals surface area contributed by atoms with Gasteiger partial charge in [0.1, 0.15) is 5.60 Å². The van der Waals surface area contributed by atoms with Crippen LogP contribution in [0.4, 0.5) is 4.79 Å². The molecule has 1 aliphatic heterocycles. The fourth-order valence-electron chi connectivity index (χ4n) is 1.78. The van der Waals surface area contributed by atoms with Crippen LogP contribution in [0.1, 0.15) is 27.2 Å². The molecule has 0 bridgehead atoms. The first-order valence-corrected chi connectivity index (χ1v) is 6.41. The number of amides is 1. The lowest BCUT2D eigenvalue weighted by molar-refractivity contribution is -0.0335. The number of ether oxygens (including phenoxy) is 2. The molecule has 2 N–H and O–H groups in total. The molecule has 0 radical (unpaired) electrons. The van der Waals surface area contributed by atoms with Crippen molar-refractivity contribution in [3.63, 3.8) is 0 Å². The van der Waals surface area contributed by atoms with Crippen LogP contribution in [0, 0.1) is 0 Å². The van der Waals surface area contributed by atoms with Gasteiger partial charge in [0.25, 0.3) is 0 Å². The van der Waals surface area contributed by atoms with E-state index in [1.807, 2.05) is 26.8 Å². The third-order valence-electron chi connectivity index (χ3n) is 2.55. The lowest BCUT2D eigenvalue weighted by Crippen LogP contribution is -2.48. The largest absolute Gasteiger partial charge is 0.444 e. The second-order valence-electron chi connectivity index (χ2n) is 5.48. The molecule has 0 spiro atoms. The van der Waals surface area contributed by atoms with E-state index < -0.39 is 11.7 Å². The Morgan fingerprint density at radius 3 is 2.74 bits per heavy atom. The fraction of sp³-hybridized carbons (Fsp3) is 0.643. The van der Waals surface area contributed by atoms with E-state index in [9.17, 15) is 4.79 Å². The zero-order chi connectivity index (χ0) is 14.5. The van der Waals surface area contributed by atoms with E-state index in [1.54, 1.807) is 12.2 Å². The van der Waals surface area contributed by atoms with Crippen LogP contribution in [-0.4, -0.2) is 41.7 Å². The van der Waals surface area contributed by atoms with Gasteiger partial charge in [-0.2, -0.15) is 0 Å². The predicted octanol–water partition coefficient (Wildman–Crippen LogP) is 1.77. The van der Waals surface area contributed by atoms with Gasteiger partial charge in [-0.1, -0.05) is 18.2 Å². The standard InChI is InChI=1S/C14H23NO4/c1-5-6-12-11(8-7-10(9-16)18-12)15-13(17)19-14(2,3)4/h5,7-8,10-12,16H,1,6,9H2,2-4H3,(H,15,17)/t10-,11+,12+/m0/s1. The molecular formula is C14H23NO4. The Morgan fingerprint density at radius 2 is 2.21 bits per heavy atom. The van der Waals surface area contributed by atoms with Crippen LogP contribution in [0.5, 0.6) is 0 Å². The average molecular weight is 269 g/mol. The molecule has 0 aromatic carbocycles. The van der Waals surface area contributed by atoms with Crippen LogP contribution in [0.15, 0.2) is 24.8 Å². The zero-order valence-electron chi connectivity index (χ0n) is 11.8. The Morgan fingerprint density at radius 1 is 1.53 bits per heavy atom. The molecule has 5 nitrogen and oxygen atoms in total. The van der Waals surface area contributed by atoms with E-state index in [0.29, 0.717) is 6.42 Å². The Bertz CT molecular complexity index is 346. The van der Waals surface area contributed by atoms with E-state index >= 15 is 0 Å². The normalized spacial score (nSPS) is 26.8. The molecule has 0 aromatic heterocycles. The molecule has 5 heteroatoms. The Labute approximate surface area is 114 Å². The minimum Gasteiger partial charge on any atom is -0.444 e. The van der Waals surface area contributed by atoms with Crippen molar-refractivity contribution in [2.75, 3.05) is 6.61 Å². The summed E-state index contributed by atoms with van der Waals surface area (Å²) in [5, 5.41) is 11.8. The minimum absolute atomic E-state index is 0.0801. The van der Waals surface area contributed by atoms with Crippen molar-refractivity contribution in [3.05, 3.63) is 24.8 Å². The summed E-state index contributed by atoms with van der Waals surface area (Å²) in [6.07, 6.45) is 4.81. The van der Waals surface area contributed by atoms with Gasteiger partial charge >= 0.3 is 6.09 Å². The molecule has 1 rings (SSSR count). The number of alkyl carbamates (subject to hydrolysis) is 1. The van der Waals surface area contributed by atoms with E-state index in [1.165, 1.54) is 0 Å². The lowest BCUT2D eigenvalue weighted by Gasteiger charge is -2.32. The second-order valence-corrected chi connectivity index (χ2v) is 5.48.